The molecule has 2 amide bonds. The van der Waals surface area contributed by atoms with Crippen molar-refractivity contribution in [2.75, 3.05) is 40.4 Å². The molecule has 2 bridgehead atoms. The van der Waals surface area contributed by atoms with Crippen molar-refractivity contribution in [3.63, 3.8) is 0 Å². The van der Waals surface area contributed by atoms with E-state index in [1.165, 1.54) is 19.2 Å². The molecular formula is C27H31ClFN5O5. The second-order valence-electron chi connectivity index (χ2n) is 9.99. The van der Waals surface area contributed by atoms with Gasteiger partial charge in [0.25, 0.3) is 17.4 Å². The van der Waals surface area contributed by atoms with Crippen LogP contribution in [0.4, 0.5) is 4.39 Å². The minimum atomic E-state index is -0.639. The van der Waals surface area contributed by atoms with Gasteiger partial charge in [0.15, 0.2) is 17.1 Å². The summed E-state index contributed by atoms with van der Waals surface area (Å²) in [7, 11) is 3.09. The summed E-state index contributed by atoms with van der Waals surface area (Å²) in [4.78, 5) is 44.6. The number of methoxy groups -OCH3 is 1. The maximum atomic E-state index is 14.3. The first kappa shape index (κ1) is 27.0. The first-order valence-corrected chi connectivity index (χ1v) is 13.4. The molecule has 0 saturated heterocycles. The van der Waals surface area contributed by atoms with E-state index in [0.29, 0.717) is 44.6 Å². The number of hydrogen-bond acceptors (Lipinski definition) is 6. The van der Waals surface area contributed by atoms with Gasteiger partial charge in [-0.05, 0) is 39.2 Å². The standard InChI is InChI=1S/C27H31ClFN5O5/c1-5-32-13-15(2)34-22-20(24(38-4)23(34)27(32)37)25(35)33-14-16-11-17(28)18(29)12-19(16)39-10-8-6-7-9-31(3)26(36)21(22)30-33/h11-12,15H,5-10,13-14H2,1-4H3/t15-/m0/s1. The Bertz CT molecular complexity index is 1530. The Morgan fingerprint density at radius 1 is 1.18 bits per heavy atom. The van der Waals surface area contributed by atoms with Crippen LogP contribution in [0.3, 0.4) is 0 Å². The number of benzene rings is 1. The summed E-state index contributed by atoms with van der Waals surface area (Å²) in [5, 5.41) is 4.52. The van der Waals surface area contributed by atoms with Crippen molar-refractivity contribution in [3.05, 3.63) is 50.3 Å². The molecule has 3 aromatic rings. The number of fused-ring (bicyclic) bond motifs is 7. The van der Waals surface area contributed by atoms with Crippen molar-refractivity contribution in [3.8, 4) is 11.5 Å². The van der Waals surface area contributed by atoms with E-state index in [4.69, 9.17) is 21.1 Å². The predicted molar refractivity (Wildman–Crippen MR) is 144 cm³/mol. The number of nitrogens with zero attached hydrogens (tertiary/aromatic N) is 5. The largest absolute Gasteiger partial charge is 0.493 e. The highest BCUT2D eigenvalue weighted by Gasteiger charge is 2.38. The number of likely N-dealkylation sites (N-methyl/N-ethyl adjacent to an activating group) is 1. The summed E-state index contributed by atoms with van der Waals surface area (Å²) in [5.74, 6) is -0.946. The SMILES string of the molecule is CCN1C[C@H](C)n2c(c(OC)c3c(=O)n4nc(c32)C(=O)N(C)CCCCCOc2cc(F)c(Cl)cc2C4)C1=O. The minimum absolute atomic E-state index is 0.0361. The number of carbonyl (C=O) groups excluding carboxylic acids is 2. The average molecular weight is 560 g/mol. The first-order valence-electron chi connectivity index (χ1n) is 13.1. The summed E-state index contributed by atoms with van der Waals surface area (Å²) in [6, 6.07) is 2.36. The highest BCUT2D eigenvalue weighted by molar-refractivity contribution is 6.30. The Labute approximate surface area is 229 Å². The van der Waals surface area contributed by atoms with Crippen LogP contribution >= 0.6 is 11.6 Å². The smallest absolute Gasteiger partial charge is 0.280 e. The maximum absolute atomic E-state index is 14.3. The van der Waals surface area contributed by atoms with Crippen molar-refractivity contribution < 1.29 is 23.5 Å². The third-order valence-corrected chi connectivity index (χ3v) is 7.71. The van der Waals surface area contributed by atoms with Crippen molar-refractivity contribution in [2.45, 2.75) is 45.7 Å². The number of amides is 2. The van der Waals surface area contributed by atoms with Crippen LogP contribution in [0.15, 0.2) is 16.9 Å². The van der Waals surface area contributed by atoms with E-state index >= 15 is 0 Å². The Hall–Kier alpha value is -3.60. The molecule has 1 atom stereocenters. The van der Waals surface area contributed by atoms with Crippen LogP contribution in [0.25, 0.3) is 10.9 Å². The number of ether oxygens (including phenoxy) is 2. The molecule has 2 aliphatic heterocycles. The number of carbonyl (C=O) groups is 2. The Kier molecular flexibility index (Phi) is 7.28. The zero-order chi connectivity index (χ0) is 28.0. The molecule has 10 nitrogen and oxygen atoms in total. The minimum Gasteiger partial charge on any atom is -0.493 e. The van der Waals surface area contributed by atoms with Gasteiger partial charge in [0.2, 0.25) is 0 Å². The molecule has 4 heterocycles. The van der Waals surface area contributed by atoms with Crippen LogP contribution in [-0.2, 0) is 6.54 Å². The summed E-state index contributed by atoms with van der Waals surface area (Å²) in [6.07, 6.45) is 2.21. The summed E-state index contributed by atoms with van der Waals surface area (Å²) in [6.45, 7) is 5.38. The zero-order valence-corrected chi connectivity index (χ0v) is 23.2. The lowest BCUT2D eigenvalue weighted by Crippen LogP contribution is -2.42. The van der Waals surface area contributed by atoms with E-state index in [9.17, 15) is 18.8 Å². The van der Waals surface area contributed by atoms with Gasteiger partial charge in [-0.3, -0.25) is 14.4 Å². The van der Waals surface area contributed by atoms with Crippen LogP contribution in [-0.4, -0.2) is 76.4 Å². The molecule has 0 saturated carbocycles. The van der Waals surface area contributed by atoms with Gasteiger partial charge in [0.1, 0.15) is 17.0 Å². The molecule has 1 aromatic carbocycles. The van der Waals surface area contributed by atoms with Crippen LogP contribution in [0.2, 0.25) is 5.02 Å². The fourth-order valence-corrected chi connectivity index (χ4v) is 5.61. The highest BCUT2D eigenvalue weighted by atomic mass is 35.5. The molecule has 0 aliphatic carbocycles. The van der Waals surface area contributed by atoms with Crippen molar-refractivity contribution in [1.82, 2.24) is 24.1 Å². The molecule has 12 heteroatoms. The quantitative estimate of drug-likeness (QED) is 0.474. The molecule has 2 aromatic heterocycles. The molecule has 0 fully saturated rings. The fourth-order valence-electron chi connectivity index (χ4n) is 5.42. The van der Waals surface area contributed by atoms with E-state index in [1.807, 2.05) is 13.8 Å². The highest BCUT2D eigenvalue weighted by Crippen LogP contribution is 2.39. The average Bonchev–Trinajstić information content (AvgIpc) is 3.27. The van der Waals surface area contributed by atoms with Gasteiger partial charge in [0.05, 0.1) is 30.8 Å². The predicted octanol–water partition coefficient (Wildman–Crippen LogP) is 3.72. The lowest BCUT2D eigenvalue weighted by atomic mass is 10.1. The Morgan fingerprint density at radius 2 is 1.95 bits per heavy atom. The summed E-state index contributed by atoms with van der Waals surface area (Å²) in [5.41, 5.74) is 0.410. The molecule has 39 heavy (non-hydrogen) atoms. The van der Waals surface area contributed by atoms with Gasteiger partial charge < -0.3 is 23.8 Å². The molecule has 0 spiro atoms. The third kappa shape index (κ3) is 4.52. The molecule has 5 rings (SSSR count). The molecule has 208 valence electrons. The summed E-state index contributed by atoms with van der Waals surface area (Å²) < 4.78 is 28.8. The van der Waals surface area contributed by atoms with Gasteiger partial charge in [-0.2, -0.15) is 5.10 Å². The molecule has 0 N–H and O–H groups in total. The van der Waals surface area contributed by atoms with Crippen LogP contribution in [0.5, 0.6) is 11.5 Å². The second-order valence-corrected chi connectivity index (χ2v) is 10.4. The van der Waals surface area contributed by atoms with E-state index < -0.39 is 11.4 Å². The van der Waals surface area contributed by atoms with Gasteiger partial charge >= 0.3 is 0 Å². The third-order valence-electron chi connectivity index (χ3n) is 7.42. The molecule has 2 aliphatic rings. The second kappa shape index (κ2) is 10.5. The van der Waals surface area contributed by atoms with Crippen LogP contribution < -0.4 is 15.0 Å². The first-order chi connectivity index (χ1) is 18.7. The fraction of sp³-hybridized carbons (Fsp3) is 0.481. The van der Waals surface area contributed by atoms with Gasteiger partial charge in [0, 0.05) is 44.4 Å². The number of aromatic nitrogens is 3. The van der Waals surface area contributed by atoms with E-state index in [1.54, 1.807) is 21.4 Å². The van der Waals surface area contributed by atoms with Crippen LogP contribution in [0, 0.1) is 5.82 Å². The van der Waals surface area contributed by atoms with Crippen molar-refractivity contribution >= 4 is 34.3 Å². The number of halogens is 2. The van der Waals surface area contributed by atoms with Gasteiger partial charge in [-0.15, -0.1) is 0 Å². The Morgan fingerprint density at radius 3 is 2.67 bits per heavy atom. The van der Waals surface area contributed by atoms with E-state index in [0.717, 1.165) is 11.1 Å². The molecule has 0 radical (unpaired) electrons. The number of rotatable bonds is 2. The normalized spacial score (nSPS) is 18.5. The van der Waals surface area contributed by atoms with Gasteiger partial charge in [-0.1, -0.05) is 11.6 Å². The van der Waals surface area contributed by atoms with Crippen LogP contribution in [0.1, 0.15) is 65.7 Å². The van der Waals surface area contributed by atoms with E-state index in [2.05, 4.69) is 5.10 Å². The molecule has 0 unspecified atom stereocenters. The van der Waals surface area contributed by atoms with Crippen molar-refractivity contribution in [2.24, 2.45) is 0 Å². The Balaban J connectivity index is 1.83. The number of hydrogen-bond donors (Lipinski definition) is 0. The van der Waals surface area contributed by atoms with Crippen molar-refractivity contribution in [1.29, 1.82) is 0 Å². The monoisotopic (exact) mass is 559 g/mol. The summed E-state index contributed by atoms with van der Waals surface area (Å²) >= 11 is 6.09. The van der Waals surface area contributed by atoms with E-state index in [-0.39, 0.29) is 63.2 Å². The topological polar surface area (TPSA) is 98.9 Å². The molecular weight excluding hydrogens is 529 g/mol. The van der Waals surface area contributed by atoms with Gasteiger partial charge in [-0.25, -0.2) is 9.07 Å². The maximum Gasteiger partial charge on any atom is 0.280 e. The lowest BCUT2D eigenvalue weighted by molar-refractivity contribution is 0.0683. The zero-order valence-electron chi connectivity index (χ0n) is 22.4. The lowest BCUT2D eigenvalue weighted by Gasteiger charge is -2.33.